The van der Waals surface area contributed by atoms with Crippen molar-refractivity contribution in [1.29, 1.82) is 0 Å². The summed E-state index contributed by atoms with van der Waals surface area (Å²) in [5, 5.41) is 14.2. The first-order chi connectivity index (χ1) is 16.4. The van der Waals surface area contributed by atoms with E-state index in [1.54, 1.807) is 7.11 Å². The number of hydrogen-bond acceptors (Lipinski definition) is 7. The number of nitrogens with zero attached hydrogens (tertiary/aromatic N) is 3. The highest BCUT2D eigenvalue weighted by Crippen LogP contribution is 2.32. The second-order valence-electron chi connectivity index (χ2n) is 7.67. The average molecular weight is 484 g/mol. The predicted octanol–water partition coefficient (Wildman–Crippen LogP) is 3.63. The van der Waals surface area contributed by atoms with Crippen LogP contribution in [0, 0.1) is 0 Å². The normalized spacial score (nSPS) is 10.9. The number of carbonyl (C=O) groups excluding carboxylic acids is 2. The molecule has 0 aliphatic carbocycles. The van der Waals surface area contributed by atoms with Crippen molar-refractivity contribution in [2.24, 2.45) is 0 Å². The largest absolute Gasteiger partial charge is 0.497 e. The van der Waals surface area contributed by atoms with Crippen LogP contribution in [0.5, 0.6) is 5.75 Å². The second kappa shape index (κ2) is 12.2. The van der Waals surface area contributed by atoms with Crippen molar-refractivity contribution in [3.63, 3.8) is 0 Å². The maximum atomic E-state index is 12.3. The van der Waals surface area contributed by atoms with Crippen LogP contribution in [0.1, 0.15) is 25.3 Å². The zero-order chi connectivity index (χ0) is 24.5. The number of imide groups is 1. The molecule has 0 radical (unpaired) electrons. The first kappa shape index (κ1) is 25.3. The molecular weight excluding hydrogens is 454 g/mol. The van der Waals surface area contributed by atoms with Gasteiger partial charge in [0.15, 0.2) is 11.0 Å². The molecule has 1 aromatic heterocycles. The Labute approximate surface area is 203 Å². The van der Waals surface area contributed by atoms with Gasteiger partial charge in [0.05, 0.1) is 25.2 Å². The molecule has 0 fully saturated rings. The fourth-order valence-electron chi connectivity index (χ4n) is 3.29. The third kappa shape index (κ3) is 6.36. The molecule has 0 saturated heterocycles. The Morgan fingerprint density at radius 1 is 1.06 bits per heavy atom. The third-order valence-corrected chi connectivity index (χ3v) is 5.89. The molecular formula is C24H29N5O4S. The molecule has 1 heterocycles. The Morgan fingerprint density at radius 2 is 1.79 bits per heavy atom. The van der Waals surface area contributed by atoms with E-state index in [-0.39, 0.29) is 11.7 Å². The van der Waals surface area contributed by atoms with Crippen molar-refractivity contribution in [1.82, 2.24) is 25.4 Å². The lowest BCUT2D eigenvalue weighted by Crippen LogP contribution is -2.41. The van der Waals surface area contributed by atoms with Crippen LogP contribution in [0.3, 0.4) is 0 Å². The number of ether oxygens (including phenoxy) is 2. The van der Waals surface area contributed by atoms with Crippen molar-refractivity contribution < 1.29 is 19.1 Å². The highest BCUT2D eigenvalue weighted by atomic mass is 32.2. The molecule has 0 bridgehead atoms. The molecule has 2 aromatic carbocycles. The number of rotatable bonds is 10. The maximum Gasteiger partial charge on any atom is 0.321 e. The predicted molar refractivity (Wildman–Crippen MR) is 132 cm³/mol. The van der Waals surface area contributed by atoms with Gasteiger partial charge in [0.1, 0.15) is 5.75 Å². The molecule has 3 rings (SSSR count). The van der Waals surface area contributed by atoms with Gasteiger partial charge < -0.3 is 14.8 Å². The number of amides is 3. The van der Waals surface area contributed by atoms with Gasteiger partial charge in [-0.25, -0.2) is 4.79 Å². The van der Waals surface area contributed by atoms with Gasteiger partial charge in [-0.2, -0.15) is 0 Å². The number of carbonyl (C=O) groups is 2. The molecule has 3 amide bonds. The third-order valence-electron chi connectivity index (χ3n) is 4.96. The van der Waals surface area contributed by atoms with E-state index in [0.717, 1.165) is 22.6 Å². The molecule has 3 aromatic rings. The number of thioether (sulfide) groups is 1. The maximum absolute atomic E-state index is 12.3. The Hall–Kier alpha value is -3.37. The van der Waals surface area contributed by atoms with Gasteiger partial charge in [0.2, 0.25) is 5.91 Å². The van der Waals surface area contributed by atoms with Gasteiger partial charge in [-0.15, -0.1) is 10.2 Å². The number of methoxy groups -OCH3 is 2. The minimum atomic E-state index is -0.562. The highest BCUT2D eigenvalue weighted by molar-refractivity contribution is 7.99. The van der Waals surface area contributed by atoms with Crippen LogP contribution in [0.15, 0.2) is 53.7 Å². The SMILES string of the molecule is COCCNC(=O)NC(=O)CSc1nnc(-c2ccc(OC)cc2)n1-c1ccccc1C(C)C. The van der Waals surface area contributed by atoms with Crippen LogP contribution >= 0.6 is 11.8 Å². The molecule has 0 unspecified atom stereocenters. The van der Waals surface area contributed by atoms with Crippen LogP contribution in [0.4, 0.5) is 4.79 Å². The van der Waals surface area contributed by atoms with Crippen LogP contribution in [0.25, 0.3) is 17.1 Å². The van der Waals surface area contributed by atoms with Crippen LogP contribution in [-0.2, 0) is 9.53 Å². The standard InChI is InChI=1S/C24H29N5O4S/c1-16(2)19-7-5-6-8-20(19)29-22(17-9-11-18(33-4)12-10-17)27-28-24(29)34-15-21(30)26-23(31)25-13-14-32-3/h5-12,16H,13-15H2,1-4H3,(H2,25,26,30,31). The zero-order valence-corrected chi connectivity index (χ0v) is 20.5. The van der Waals surface area contributed by atoms with Gasteiger partial charge in [0, 0.05) is 19.2 Å². The van der Waals surface area contributed by atoms with Crippen LogP contribution in [0.2, 0.25) is 0 Å². The monoisotopic (exact) mass is 483 g/mol. The fourth-order valence-corrected chi connectivity index (χ4v) is 4.04. The summed E-state index contributed by atoms with van der Waals surface area (Å²) in [6, 6.07) is 15.1. The summed E-state index contributed by atoms with van der Waals surface area (Å²) in [6.07, 6.45) is 0. The summed E-state index contributed by atoms with van der Waals surface area (Å²) >= 11 is 1.21. The lowest BCUT2D eigenvalue weighted by Gasteiger charge is -2.17. The number of benzene rings is 2. The summed E-state index contributed by atoms with van der Waals surface area (Å²) in [5.74, 6) is 1.22. The van der Waals surface area contributed by atoms with Crippen molar-refractivity contribution in [2.75, 3.05) is 33.1 Å². The van der Waals surface area contributed by atoms with E-state index in [1.807, 2.05) is 47.0 Å². The Bertz CT molecular complexity index is 1110. The van der Waals surface area contributed by atoms with Crippen LogP contribution in [-0.4, -0.2) is 59.8 Å². The first-order valence-electron chi connectivity index (χ1n) is 10.8. The lowest BCUT2D eigenvalue weighted by molar-refractivity contribution is -0.117. The van der Waals surface area contributed by atoms with Crippen molar-refractivity contribution in [3.8, 4) is 22.8 Å². The number of para-hydroxylation sites is 1. The summed E-state index contributed by atoms with van der Waals surface area (Å²) in [6.45, 7) is 4.93. The second-order valence-corrected chi connectivity index (χ2v) is 8.61. The molecule has 0 atom stereocenters. The van der Waals surface area contributed by atoms with E-state index >= 15 is 0 Å². The zero-order valence-electron chi connectivity index (χ0n) is 19.7. The topological polar surface area (TPSA) is 107 Å². The summed E-state index contributed by atoms with van der Waals surface area (Å²) in [5.41, 5.74) is 2.93. The van der Waals surface area contributed by atoms with E-state index in [9.17, 15) is 9.59 Å². The number of hydrogen-bond donors (Lipinski definition) is 2. The number of aromatic nitrogens is 3. The summed E-state index contributed by atoms with van der Waals surface area (Å²) in [7, 11) is 3.16. The molecule has 9 nitrogen and oxygen atoms in total. The molecule has 0 saturated carbocycles. The molecule has 180 valence electrons. The van der Waals surface area contributed by atoms with Crippen molar-refractivity contribution in [2.45, 2.75) is 24.9 Å². The molecule has 10 heteroatoms. The summed E-state index contributed by atoms with van der Waals surface area (Å²) < 4.78 is 12.1. The van der Waals surface area contributed by atoms with E-state index in [2.05, 4.69) is 40.7 Å². The van der Waals surface area contributed by atoms with E-state index in [1.165, 1.54) is 18.9 Å². The van der Waals surface area contributed by atoms with Gasteiger partial charge >= 0.3 is 6.03 Å². The molecule has 0 aliphatic rings. The van der Waals surface area contributed by atoms with Crippen molar-refractivity contribution >= 4 is 23.7 Å². The Kier molecular flexibility index (Phi) is 9.06. The quantitative estimate of drug-likeness (QED) is 0.335. The molecule has 34 heavy (non-hydrogen) atoms. The van der Waals surface area contributed by atoms with Gasteiger partial charge in [-0.05, 0) is 41.8 Å². The Balaban J connectivity index is 1.88. The smallest absolute Gasteiger partial charge is 0.321 e. The van der Waals surface area contributed by atoms with E-state index < -0.39 is 11.9 Å². The number of urea groups is 1. The Morgan fingerprint density at radius 3 is 2.47 bits per heavy atom. The summed E-state index contributed by atoms with van der Waals surface area (Å²) in [4.78, 5) is 24.2. The molecule has 2 N–H and O–H groups in total. The minimum Gasteiger partial charge on any atom is -0.497 e. The van der Waals surface area contributed by atoms with Crippen molar-refractivity contribution in [3.05, 3.63) is 54.1 Å². The fraction of sp³-hybridized carbons (Fsp3) is 0.333. The van der Waals surface area contributed by atoms with E-state index in [0.29, 0.717) is 24.1 Å². The van der Waals surface area contributed by atoms with E-state index in [4.69, 9.17) is 9.47 Å². The van der Waals surface area contributed by atoms with Gasteiger partial charge in [0.25, 0.3) is 0 Å². The van der Waals surface area contributed by atoms with Gasteiger partial charge in [-0.1, -0.05) is 43.8 Å². The minimum absolute atomic E-state index is 0.00227. The van der Waals surface area contributed by atoms with Gasteiger partial charge in [-0.3, -0.25) is 14.7 Å². The highest BCUT2D eigenvalue weighted by Gasteiger charge is 2.20. The lowest BCUT2D eigenvalue weighted by atomic mass is 10.0. The number of nitrogens with one attached hydrogen (secondary N) is 2. The first-order valence-corrected chi connectivity index (χ1v) is 11.8. The molecule has 0 spiro atoms. The van der Waals surface area contributed by atoms with Crippen LogP contribution < -0.4 is 15.4 Å². The molecule has 0 aliphatic heterocycles. The average Bonchev–Trinajstić information content (AvgIpc) is 3.26.